The molecular weight excluding hydrogens is 222 g/mol. The summed E-state index contributed by atoms with van der Waals surface area (Å²) in [5.74, 6) is -0.601. The predicted octanol–water partition coefficient (Wildman–Crippen LogP) is 1.32. The van der Waals surface area contributed by atoms with Crippen LogP contribution in [0.15, 0.2) is 6.20 Å². The van der Waals surface area contributed by atoms with E-state index in [1.54, 1.807) is 6.92 Å². The number of carbonyl (C=O) groups is 1. The summed E-state index contributed by atoms with van der Waals surface area (Å²) < 4.78 is 5.25. The van der Waals surface area contributed by atoms with Gasteiger partial charge in [-0.3, -0.25) is 0 Å². The standard InChI is InChI=1S/C11H17N3O3/c1-4-17-6-7(2)13-11-12-5-9(10(15)16)8(3)14-11/h5,7H,4,6H2,1-3H3,(H,15,16)(H,12,13,14). The van der Waals surface area contributed by atoms with Gasteiger partial charge in [-0.2, -0.15) is 0 Å². The number of anilines is 1. The molecule has 0 amide bonds. The predicted molar refractivity (Wildman–Crippen MR) is 63.3 cm³/mol. The molecule has 0 saturated heterocycles. The van der Waals surface area contributed by atoms with Gasteiger partial charge in [0.1, 0.15) is 0 Å². The number of aryl methyl sites for hydroxylation is 1. The monoisotopic (exact) mass is 239 g/mol. The summed E-state index contributed by atoms with van der Waals surface area (Å²) in [7, 11) is 0. The first-order valence-corrected chi connectivity index (χ1v) is 5.45. The maximum atomic E-state index is 10.8. The molecule has 0 fully saturated rings. The van der Waals surface area contributed by atoms with E-state index in [4.69, 9.17) is 9.84 Å². The van der Waals surface area contributed by atoms with Gasteiger partial charge >= 0.3 is 5.97 Å². The minimum absolute atomic E-state index is 0.0741. The van der Waals surface area contributed by atoms with Gasteiger partial charge in [-0.05, 0) is 20.8 Å². The van der Waals surface area contributed by atoms with Gasteiger partial charge in [0, 0.05) is 18.8 Å². The minimum Gasteiger partial charge on any atom is -0.478 e. The van der Waals surface area contributed by atoms with Crippen molar-refractivity contribution in [3.05, 3.63) is 17.5 Å². The van der Waals surface area contributed by atoms with Crippen LogP contribution in [0.4, 0.5) is 5.95 Å². The Morgan fingerprint density at radius 2 is 2.35 bits per heavy atom. The van der Waals surface area contributed by atoms with Crippen LogP contribution in [0.1, 0.15) is 29.9 Å². The highest BCUT2D eigenvalue weighted by Crippen LogP contribution is 2.07. The van der Waals surface area contributed by atoms with Crippen LogP contribution in [-0.4, -0.2) is 40.3 Å². The molecule has 0 spiro atoms. The van der Waals surface area contributed by atoms with Gasteiger partial charge in [0.25, 0.3) is 0 Å². The number of aromatic carboxylic acids is 1. The number of nitrogens with zero attached hydrogens (tertiary/aromatic N) is 2. The Kier molecular flexibility index (Phi) is 4.84. The quantitative estimate of drug-likeness (QED) is 0.778. The maximum Gasteiger partial charge on any atom is 0.339 e. The summed E-state index contributed by atoms with van der Waals surface area (Å²) in [6.07, 6.45) is 1.31. The van der Waals surface area contributed by atoms with Gasteiger partial charge in [-0.1, -0.05) is 0 Å². The van der Waals surface area contributed by atoms with Gasteiger partial charge < -0.3 is 15.2 Å². The van der Waals surface area contributed by atoms with Gasteiger partial charge in [0.05, 0.1) is 17.9 Å². The first-order chi connectivity index (χ1) is 8.04. The highest BCUT2D eigenvalue weighted by molar-refractivity contribution is 5.88. The number of nitrogens with one attached hydrogen (secondary N) is 1. The summed E-state index contributed by atoms with van der Waals surface area (Å²) >= 11 is 0. The Morgan fingerprint density at radius 3 is 2.88 bits per heavy atom. The number of aromatic nitrogens is 2. The average Bonchev–Trinajstić information content (AvgIpc) is 2.26. The molecule has 1 aromatic rings. The number of rotatable bonds is 6. The third kappa shape index (κ3) is 3.99. The van der Waals surface area contributed by atoms with Crippen LogP contribution in [0.5, 0.6) is 0 Å². The van der Waals surface area contributed by atoms with Crippen LogP contribution in [0.25, 0.3) is 0 Å². The van der Waals surface area contributed by atoms with E-state index in [9.17, 15) is 4.79 Å². The first kappa shape index (κ1) is 13.4. The van der Waals surface area contributed by atoms with Crippen LogP contribution < -0.4 is 5.32 Å². The Hall–Kier alpha value is -1.69. The summed E-state index contributed by atoms with van der Waals surface area (Å²) in [6, 6.07) is 0.0741. The first-order valence-electron chi connectivity index (χ1n) is 5.45. The zero-order valence-corrected chi connectivity index (χ0v) is 10.2. The molecule has 0 aliphatic heterocycles. The summed E-state index contributed by atoms with van der Waals surface area (Å²) in [4.78, 5) is 18.8. The lowest BCUT2D eigenvalue weighted by Gasteiger charge is -2.13. The van der Waals surface area contributed by atoms with E-state index in [0.717, 1.165) is 0 Å². The molecule has 0 aromatic carbocycles. The Bertz CT molecular complexity index is 396. The van der Waals surface area contributed by atoms with E-state index in [1.165, 1.54) is 6.20 Å². The molecule has 0 aliphatic rings. The normalized spacial score (nSPS) is 12.2. The molecule has 6 heteroatoms. The smallest absolute Gasteiger partial charge is 0.339 e. The molecule has 2 N–H and O–H groups in total. The minimum atomic E-state index is -1.02. The van der Waals surface area contributed by atoms with E-state index in [-0.39, 0.29) is 11.6 Å². The number of carboxylic acids is 1. The molecule has 1 atom stereocenters. The van der Waals surface area contributed by atoms with Crippen LogP contribution in [-0.2, 0) is 4.74 Å². The fourth-order valence-corrected chi connectivity index (χ4v) is 1.30. The van der Waals surface area contributed by atoms with E-state index < -0.39 is 5.97 Å². The molecular formula is C11H17N3O3. The van der Waals surface area contributed by atoms with Crippen molar-refractivity contribution < 1.29 is 14.6 Å². The topological polar surface area (TPSA) is 84.3 Å². The second-order valence-corrected chi connectivity index (χ2v) is 3.70. The molecule has 1 heterocycles. The molecule has 1 rings (SSSR count). The van der Waals surface area contributed by atoms with Crippen LogP contribution in [0, 0.1) is 6.92 Å². The summed E-state index contributed by atoms with van der Waals surface area (Å²) in [6.45, 7) is 6.72. The van der Waals surface area contributed by atoms with Gasteiger partial charge in [-0.25, -0.2) is 14.8 Å². The number of ether oxygens (including phenoxy) is 1. The van der Waals surface area contributed by atoms with Crippen molar-refractivity contribution in [3.63, 3.8) is 0 Å². The molecule has 94 valence electrons. The number of hydrogen-bond acceptors (Lipinski definition) is 5. The Labute approximate surface area is 100 Å². The van der Waals surface area contributed by atoms with Crippen molar-refractivity contribution in [2.45, 2.75) is 26.8 Å². The van der Waals surface area contributed by atoms with Crippen molar-refractivity contribution in [1.82, 2.24) is 9.97 Å². The van der Waals surface area contributed by atoms with Crippen molar-refractivity contribution in [2.24, 2.45) is 0 Å². The Morgan fingerprint density at radius 1 is 1.65 bits per heavy atom. The molecule has 6 nitrogen and oxygen atoms in total. The van der Waals surface area contributed by atoms with Gasteiger partial charge in [0.2, 0.25) is 5.95 Å². The third-order valence-electron chi connectivity index (χ3n) is 2.16. The highest BCUT2D eigenvalue weighted by atomic mass is 16.5. The van der Waals surface area contributed by atoms with Crippen molar-refractivity contribution in [3.8, 4) is 0 Å². The molecule has 0 saturated carbocycles. The molecule has 0 aliphatic carbocycles. The average molecular weight is 239 g/mol. The Balaban J connectivity index is 2.67. The van der Waals surface area contributed by atoms with E-state index in [0.29, 0.717) is 24.9 Å². The fourth-order valence-electron chi connectivity index (χ4n) is 1.30. The highest BCUT2D eigenvalue weighted by Gasteiger charge is 2.11. The van der Waals surface area contributed by atoms with Crippen molar-refractivity contribution in [2.75, 3.05) is 18.5 Å². The molecule has 1 unspecified atom stereocenters. The van der Waals surface area contributed by atoms with E-state index in [2.05, 4.69) is 15.3 Å². The second-order valence-electron chi connectivity index (χ2n) is 3.70. The summed E-state index contributed by atoms with van der Waals surface area (Å²) in [5, 5.41) is 11.9. The molecule has 0 bridgehead atoms. The van der Waals surface area contributed by atoms with Crippen LogP contribution in [0.3, 0.4) is 0 Å². The van der Waals surface area contributed by atoms with Crippen molar-refractivity contribution in [1.29, 1.82) is 0 Å². The van der Waals surface area contributed by atoms with Crippen LogP contribution >= 0.6 is 0 Å². The van der Waals surface area contributed by atoms with E-state index in [1.807, 2.05) is 13.8 Å². The third-order valence-corrected chi connectivity index (χ3v) is 2.16. The largest absolute Gasteiger partial charge is 0.478 e. The zero-order chi connectivity index (χ0) is 12.8. The SMILES string of the molecule is CCOCC(C)Nc1ncc(C(=O)O)c(C)n1. The van der Waals surface area contributed by atoms with Crippen molar-refractivity contribution >= 4 is 11.9 Å². The zero-order valence-electron chi connectivity index (χ0n) is 10.2. The lowest BCUT2D eigenvalue weighted by atomic mass is 10.2. The molecule has 1 aromatic heterocycles. The lowest BCUT2D eigenvalue weighted by Crippen LogP contribution is -2.23. The fraction of sp³-hybridized carbons (Fsp3) is 0.545. The number of carboxylic acid groups (broad SMARTS) is 1. The summed E-state index contributed by atoms with van der Waals surface area (Å²) in [5.41, 5.74) is 0.562. The number of hydrogen-bond donors (Lipinski definition) is 2. The van der Waals surface area contributed by atoms with E-state index >= 15 is 0 Å². The van der Waals surface area contributed by atoms with Gasteiger partial charge in [0.15, 0.2) is 0 Å². The van der Waals surface area contributed by atoms with Crippen LogP contribution in [0.2, 0.25) is 0 Å². The second kappa shape index (κ2) is 6.15. The maximum absolute atomic E-state index is 10.8. The molecule has 0 radical (unpaired) electrons. The van der Waals surface area contributed by atoms with Gasteiger partial charge in [-0.15, -0.1) is 0 Å². The lowest BCUT2D eigenvalue weighted by molar-refractivity contribution is 0.0695. The molecule has 17 heavy (non-hydrogen) atoms.